The van der Waals surface area contributed by atoms with Crippen molar-refractivity contribution in [1.29, 1.82) is 0 Å². The van der Waals surface area contributed by atoms with Crippen LogP contribution in [0, 0.1) is 12.7 Å². The molecular formula is C32H29FN6O4. The Hall–Kier alpha value is -5.29. The Morgan fingerprint density at radius 1 is 0.930 bits per heavy atom. The molecule has 1 fully saturated rings. The van der Waals surface area contributed by atoms with Gasteiger partial charge in [-0.1, -0.05) is 12.1 Å². The van der Waals surface area contributed by atoms with Crippen LogP contribution in [0.15, 0.2) is 94.9 Å². The van der Waals surface area contributed by atoms with Gasteiger partial charge in [0.2, 0.25) is 0 Å². The summed E-state index contributed by atoms with van der Waals surface area (Å²) in [7, 11) is 1.65. The average molecular weight is 581 g/mol. The molecule has 0 spiro atoms. The van der Waals surface area contributed by atoms with Gasteiger partial charge in [-0.15, -0.1) is 0 Å². The number of ether oxygens (including phenoxy) is 1. The largest absolute Gasteiger partial charge is 0.378 e. The fraction of sp³-hybridized carbons (Fsp3) is 0.188. The molecule has 0 atom stereocenters. The molecule has 2 aromatic heterocycles. The van der Waals surface area contributed by atoms with Crippen LogP contribution < -0.4 is 16.6 Å². The molecule has 0 bridgehead atoms. The zero-order chi connectivity index (χ0) is 30.1. The highest BCUT2D eigenvalue weighted by molar-refractivity contribution is 5.94. The quantitative estimate of drug-likeness (QED) is 0.325. The zero-order valence-electron chi connectivity index (χ0n) is 23.7. The maximum atomic E-state index is 13.4. The Balaban J connectivity index is 1.29. The molecular weight excluding hydrogens is 551 g/mol. The van der Waals surface area contributed by atoms with Gasteiger partial charge in [0.15, 0.2) is 5.82 Å². The van der Waals surface area contributed by atoms with Crippen molar-refractivity contribution in [2.75, 3.05) is 31.6 Å². The van der Waals surface area contributed by atoms with Crippen LogP contribution in [0.4, 0.5) is 15.9 Å². The van der Waals surface area contributed by atoms with Crippen molar-refractivity contribution in [3.8, 4) is 22.6 Å². The number of nitrogens with zero attached hydrogens (tertiary/aromatic N) is 5. The summed E-state index contributed by atoms with van der Waals surface area (Å²) in [6.45, 7) is 4.05. The number of carbonyl (C=O) groups is 1. The van der Waals surface area contributed by atoms with E-state index in [4.69, 9.17) is 4.74 Å². The highest BCUT2D eigenvalue weighted by Crippen LogP contribution is 2.27. The summed E-state index contributed by atoms with van der Waals surface area (Å²) < 4.78 is 23.1. The van der Waals surface area contributed by atoms with E-state index in [0.29, 0.717) is 54.6 Å². The number of morpholine rings is 1. The van der Waals surface area contributed by atoms with Gasteiger partial charge in [0.25, 0.3) is 11.5 Å². The standard InChI is InChI=1S/C32H29FN6O4/c1-21-26(4-3-5-28(21)39-15-14-38(32(39)42)25-12-8-23(33)9-13-25)27-20-36(2)31(41)29(35-27)34-24-10-6-22(7-11-24)30(40)37-16-18-43-19-17-37/h3-15,20H,16-19H2,1-2H3,(H,34,35). The maximum Gasteiger partial charge on any atom is 0.337 e. The number of nitrogens with one attached hydrogen (secondary N) is 1. The number of carbonyl (C=O) groups excluding carboxylic acids is 1. The number of rotatable bonds is 6. The normalized spacial score (nSPS) is 13.2. The second-order valence-electron chi connectivity index (χ2n) is 10.2. The van der Waals surface area contributed by atoms with E-state index in [1.165, 1.54) is 25.8 Å². The molecule has 1 amide bonds. The van der Waals surface area contributed by atoms with E-state index < -0.39 is 0 Å². The predicted octanol–water partition coefficient (Wildman–Crippen LogP) is 4.05. The Kier molecular flexibility index (Phi) is 7.47. The first-order valence-corrected chi connectivity index (χ1v) is 13.8. The van der Waals surface area contributed by atoms with Crippen molar-refractivity contribution >= 4 is 17.4 Å². The lowest BCUT2D eigenvalue weighted by Gasteiger charge is -2.26. The lowest BCUT2D eigenvalue weighted by molar-refractivity contribution is 0.0303. The molecule has 3 aromatic carbocycles. The van der Waals surface area contributed by atoms with Crippen LogP contribution in [0.3, 0.4) is 0 Å². The summed E-state index contributed by atoms with van der Waals surface area (Å²) in [5.74, 6) is -0.320. The van der Waals surface area contributed by atoms with E-state index in [9.17, 15) is 18.8 Å². The highest BCUT2D eigenvalue weighted by atomic mass is 19.1. The number of amides is 1. The molecule has 1 saturated heterocycles. The second kappa shape index (κ2) is 11.5. The number of hydrogen-bond acceptors (Lipinski definition) is 6. The third-order valence-corrected chi connectivity index (χ3v) is 7.49. The molecule has 11 heteroatoms. The van der Waals surface area contributed by atoms with Gasteiger partial charge >= 0.3 is 5.69 Å². The molecule has 10 nitrogen and oxygen atoms in total. The van der Waals surface area contributed by atoms with Crippen molar-refractivity contribution in [3.05, 3.63) is 123 Å². The monoisotopic (exact) mass is 580 g/mol. The average Bonchev–Trinajstić information content (AvgIpc) is 3.41. The fourth-order valence-corrected chi connectivity index (χ4v) is 5.12. The molecule has 1 N–H and O–H groups in total. The SMILES string of the molecule is Cc1c(-c2cn(C)c(=O)c(Nc3ccc(C(=O)N4CCOCC4)cc3)n2)cccc1-n1ccn(-c2ccc(F)cc2)c1=O. The van der Waals surface area contributed by atoms with Crippen molar-refractivity contribution in [1.82, 2.24) is 23.6 Å². The number of anilines is 2. The maximum absolute atomic E-state index is 13.4. The molecule has 5 aromatic rings. The van der Waals surface area contributed by atoms with E-state index >= 15 is 0 Å². The summed E-state index contributed by atoms with van der Waals surface area (Å²) in [6.07, 6.45) is 4.94. The van der Waals surface area contributed by atoms with E-state index in [1.54, 1.807) is 66.9 Å². The first-order valence-electron chi connectivity index (χ1n) is 13.8. The van der Waals surface area contributed by atoms with Crippen molar-refractivity contribution in [2.24, 2.45) is 7.05 Å². The minimum atomic E-state index is -0.380. The fourth-order valence-electron chi connectivity index (χ4n) is 5.12. The van der Waals surface area contributed by atoms with Gasteiger partial charge < -0.3 is 19.5 Å². The molecule has 43 heavy (non-hydrogen) atoms. The van der Waals surface area contributed by atoms with Crippen LogP contribution in [0.1, 0.15) is 15.9 Å². The van der Waals surface area contributed by atoms with E-state index in [1.807, 2.05) is 25.1 Å². The highest BCUT2D eigenvalue weighted by Gasteiger charge is 2.19. The molecule has 0 aliphatic carbocycles. The second-order valence-corrected chi connectivity index (χ2v) is 10.2. The van der Waals surface area contributed by atoms with Crippen LogP contribution >= 0.6 is 0 Å². The predicted molar refractivity (Wildman–Crippen MR) is 161 cm³/mol. The number of hydrogen-bond donors (Lipinski definition) is 1. The summed E-state index contributed by atoms with van der Waals surface area (Å²) in [5.41, 5.74) is 3.79. The third kappa shape index (κ3) is 5.50. The third-order valence-electron chi connectivity index (χ3n) is 7.49. The van der Waals surface area contributed by atoms with E-state index in [2.05, 4.69) is 10.3 Å². The first kappa shape index (κ1) is 27.9. The zero-order valence-corrected chi connectivity index (χ0v) is 23.7. The molecule has 3 heterocycles. The van der Waals surface area contributed by atoms with Gasteiger partial charge in [-0.3, -0.25) is 18.7 Å². The molecule has 0 saturated carbocycles. The van der Waals surface area contributed by atoms with Gasteiger partial charge in [-0.05, 0) is 67.1 Å². The van der Waals surface area contributed by atoms with Gasteiger partial charge in [0, 0.05) is 55.5 Å². The van der Waals surface area contributed by atoms with Crippen molar-refractivity contribution < 1.29 is 13.9 Å². The topological polar surface area (TPSA) is 103 Å². The van der Waals surface area contributed by atoms with Crippen LogP contribution in [0.2, 0.25) is 0 Å². The number of benzene rings is 3. The van der Waals surface area contributed by atoms with Gasteiger partial charge in [-0.25, -0.2) is 14.2 Å². The minimum absolute atomic E-state index is 0.0617. The number of imidazole rings is 1. The van der Waals surface area contributed by atoms with Crippen molar-refractivity contribution in [3.63, 3.8) is 0 Å². The lowest BCUT2D eigenvalue weighted by atomic mass is 10.0. The van der Waals surface area contributed by atoms with Gasteiger partial charge in [-0.2, -0.15) is 0 Å². The van der Waals surface area contributed by atoms with Crippen LogP contribution in [-0.2, 0) is 11.8 Å². The summed E-state index contributed by atoms with van der Waals surface area (Å²) >= 11 is 0. The Morgan fingerprint density at radius 3 is 2.35 bits per heavy atom. The van der Waals surface area contributed by atoms with Crippen LogP contribution in [-0.4, -0.2) is 55.8 Å². The first-order chi connectivity index (χ1) is 20.8. The molecule has 1 aliphatic rings. The number of aromatic nitrogens is 4. The molecule has 0 radical (unpaired) electrons. The van der Waals surface area contributed by atoms with Crippen molar-refractivity contribution in [2.45, 2.75) is 6.92 Å². The molecule has 218 valence electrons. The van der Waals surface area contributed by atoms with Gasteiger partial charge in [0.05, 0.1) is 30.3 Å². The van der Waals surface area contributed by atoms with Gasteiger partial charge in [0.1, 0.15) is 5.82 Å². The Labute approximate surface area is 246 Å². The molecule has 0 unspecified atom stereocenters. The number of halogens is 1. The lowest BCUT2D eigenvalue weighted by Crippen LogP contribution is -2.40. The summed E-state index contributed by atoms with van der Waals surface area (Å²) in [5, 5.41) is 3.09. The van der Waals surface area contributed by atoms with E-state index in [-0.39, 0.29) is 28.8 Å². The summed E-state index contributed by atoms with van der Waals surface area (Å²) in [4.78, 5) is 45.5. The Morgan fingerprint density at radius 2 is 1.63 bits per heavy atom. The van der Waals surface area contributed by atoms with Crippen LogP contribution in [0.5, 0.6) is 0 Å². The summed E-state index contributed by atoms with van der Waals surface area (Å²) in [6, 6.07) is 18.2. The molecule has 1 aliphatic heterocycles. The Bertz CT molecular complexity index is 1920. The van der Waals surface area contributed by atoms with Crippen LogP contribution in [0.25, 0.3) is 22.6 Å². The minimum Gasteiger partial charge on any atom is -0.378 e. The van der Waals surface area contributed by atoms with E-state index in [0.717, 1.165) is 11.1 Å². The number of aryl methyl sites for hydroxylation is 1. The molecule has 6 rings (SSSR count). The smallest absolute Gasteiger partial charge is 0.337 e.